The van der Waals surface area contributed by atoms with Crippen molar-refractivity contribution in [1.29, 1.82) is 0 Å². The van der Waals surface area contributed by atoms with E-state index in [1.807, 2.05) is 60.7 Å². The fourth-order valence-corrected chi connectivity index (χ4v) is 3.59. The van der Waals surface area contributed by atoms with E-state index in [9.17, 15) is 0 Å². The summed E-state index contributed by atoms with van der Waals surface area (Å²) in [7, 11) is 0. The van der Waals surface area contributed by atoms with Crippen LogP contribution in [0.2, 0.25) is 5.02 Å². The van der Waals surface area contributed by atoms with Gasteiger partial charge in [-0.3, -0.25) is 4.99 Å². The molecule has 0 atom stereocenters. The molecule has 0 spiro atoms. The average Bonchev–Trinajstić information content (AvgIpc) is 3.06. The highest BCUT2D eigenvalue weighted by atomic mass is 35.5. The van der Waals surface area contributed by atoms with Gasteiger partial charge in [0.2, 0.25) is 0 Å². The minimum absolute atomic E-state index is 0.698. The molecule has 0 saturated carbocycles. The summed E-state index contributed by atoms with van der Waals surface area (Å²) in [6, 6.07) is 23.9. The van der Waals surface area contributed by atoms with Crippen LogP contribution in [0, 0.1) is 0 Å². The van der Waals surface area contributed by atoms with Crippen LogP contribution in [-0.4, -0.2) is 11.2 Å². The summed E-state index contributed by atoms with van der Waals surface area (Å²) in [4.78, 5) is 9.25. The number of benzene rings is 3. The van der Waals surface area contributed by atoms with Crippen LogP contribution in [0.25, 0.3) is 20.8 Å². The van der Waals surface area contributed by atoms with E-state index in [-0.39, 0.29) is 0 Å². The van der Waals surface area contributed by atoms with Gasteiger partial charge in [0.05, 0.1) is 15.9 Å². The Morgan fingerprint density at radius 1 is 0.917 bits per heavy atom. The molecule has 4 heteroatoms. The van der Waals surface area contributed by atoms with Gasteiger partial charge < -0.3 is 0 Å². The summed E-state index contributed by atoms with van der Waals surface area (Å²) >= 11 is 7.86. The summed E-state index contributed by atoms with van der Waals surface area (Å²) in [6.07, 6.45) is 1.79. The predicted octanol–water partition coefficient (Wildman–Crippen LogP) is 6.37. The number of halogens is 1. The van der Waals surface area contributed by atoms with Crippen molar-refractivity contribution in [2.75, 3.05) is 0 Å². The molecule has 0 bridgehead atoms. The standard InChI is InChI=1S/C20H13ClN2S/c21-17-9-2-1-6-15(17)13-22-16-8-5-7-14(12-16)20-23-18-10-3-4-11-19(18)24-20/h1-13H. The Balaban J connectivity index is 1.67. The third kappa shape index (κ3) is 3.09. The molecule has 0 unspecified atom stereocenters. The van der Waals surface area contributed by atoms with E-state index in [4.69, 9.17) is 16.6 Å². The molecule has 116 valence electrons. The lowest BCUT2D eigenvalue weighted by molar-refractivity contribution is 1.46. The Morgan fingerprint density at radius 3 is 2.62 bits per heavy atom. The Kier molecular flexibility index (Phi) is 4.11. The zero-order valence-corrected chi connectivity index (χ0v) is 14.3. The molecule has 0 saturated heterocycles. The molecule has 24 heavy (non-hydrogen) atoms. The molecule has 3 aromatic carbocycles. The lowest BCUT2D eigenvalue weighted by Gasteiger charge is -1.99. The summed E-state index contributed by atoms with van der Waals surface area (Å²) < 4.78 is 1.19. The number of aliphatic imine (C=N–C) groups is 1. The molecular weight excluding hydrogens is 336 g/mol. The van der Waals surface area contributed by atoms with Gasteiger partial charge in [0, 0.05) is 22.4 Å². The zero-order chi connectivity index (χ0) is 16.4. The lowest BCUT2D eigenvalue weighted by Crippen LogP contribution is -1.81. The van der Waals surface area contributed by atoms with E-state index in [0.717, 1.165) is 27.3 Å². The first-order valence-corrected chi connectivity index (χ1v) is 8.74. The van der Waals surface area contributed by atoms with Crippen LogP contribution >= 0.6 is 22.9 Å². The van der Waals surface area contributed by atoms with Crippen molar-refractivity contribution >= 4 is 45.1 Å². The molecule has 1 heterocycles. The molecule has 0 aliphatic heterocycles. The summed E-state index contributed by atoms with van der Waals surface area (Å²) in [5.74, 6) is 0. The van der Waals surface area contributed by atoms with Gasteiger partial charge in [0.25, 0.3) is 0 Å². The molecule has 4 rings (SSSR count). The van der Waals surface area contributed by atoms with Crippen LogP contribution < -0.4 is 0 Å². The van der Waals surface area contributed by atoms with Crippen LogP contribution in [0.15, 0.2) is 77.8 Å². The average molecular weight is 349 g/mol. The first-order valence-electron chi connectivity index (χ1n) is 7.54. The molecule has 4 aromatic rings. The van der Waals surface area contributed by atoms with Crippen molar-refractivity contribution in [3.8, 4) is 10.6 Å². The van der Waals surface area contributed by atoms with E-state index < -0.39 is 0 Å². The first kappa shape index (κ1) is 15.1. The normalized spacial score (nSPS) is 11.4. The van der Waals surface area contributed by atoms with Crippen LogP contribution in [0.3, 0.4) is 0 Å². The monoisotopic (exact) mass is 348 g/mol. The minimum Gasteiger partial charge on any atom is -0.256 e. The fraction of sp³-hybridized carbons (Fsp3) is 0. The highest BCUT2D eigenvalue weighted by Gasteiger charge is 2.06. The Labute approximate surface area is 149 Å². The maximum atomic E-state index is 6.16. The van der Waals surface area contributed by atoms with E-state index in [0.29, 0.717) is 5.02 Å². The van der Waals surface area contributed by atoms with Crippen molar-refractivity contribution in [3.63, 3.8) is 0 Å². The Morgan fingerprint density at radius 2 is 1.75 bits per heavy atom. The fourth-order valence-electron chi connectivity index (χ4n) is 2.44. The lowest BCUT2D eigenvalue weighted by atomic mass is 10.2. The molecule has 1 aromatic heterocycles. The van der Waals surface area contributed by atoms with Gasteiger partial charge >= 0.3 is 0 Å². The van der Waals surface area contributed by atoms with Crippen LogP contribution in [0.5, 0.6) is 0 Å². The van der Waals surface area contributed by atoms with Crippen molar-refractivity contribution in [1.82, 2.24) is 4.98 Å². The predicted molar refractivity (Wildman–Crippen MR) is 104 cm³/mol. The molecule has 0 radical (unpaired) electrons. The summed E-state index contributed by atoms with van der Waals surface area (Å²) in [6.45, 7) is 0. The SMILES string of the molecule is Clc1ccccc1C=Nc1cccc(-c2nc3ccccc3s2)c1. The maximum Gasteiger partial charge on any atom is 0.124 e. The molecule has 2 nitrogen and oxygen atoms in total. The van der Waals surface area contributed by atoms with Gasteiger partial charge in [-0.25, -0.2) is 4.98 Å². The van der Waals surface area contributed by atoms with Gasteiger partial charge in [0.15, 0.2) is 0 Å². The molecule has 0 fully saturated rings. The van der Waals surface area contributed by atoms with E-state index in [1.54, 1.807) is 17.6 Å². The second-order valence-corrected chi connectivity index (χ2v) is 6.75. The molecule has 0 N–H and O–H groups in total. The second-order valence-electron chi connectivity index (χ2n) is 5.32. The second kappa shape index (κ2) is 6.56. The molecule has 0 aliphatic carbocycles. The van der Waals surface area contributed by atoms with E-state index in [1.165, 1.54) is 4.70 Å². The smallest absolute Gasteiger partial charge is 0.124 e. The van der Waals surface area contributed by atoms with Crippen molar-refractivity contribution < 1.29 is 0 Å². The number of nitrogens with zero attached hydrogens (tertiary/aromatic N) is 2. The van der Waals surface area contributed by atoms with E-state index in [2.05, 4.69) is 17.1 Å². The number of aromatic nitrogens is 1. The maximum absolute atomic E-state index is 6.16. The minimum atomic E-state index is 0.698. The zero-order valence-electron chi connectivity index (χ0n) is 12.7. The van der Waals surface area contributed by atoms with Gasteiger partial charge in [-0.15, -0.1) is 11.3 Å². The first-order chi connectivity index (χ1) is 11.8. The molecular formula is C20H13ClN2S. The van der Waals surface area contributed by atoms with Crippen LogP contribution in [0.4, 0.5) is 5.69 Å². The highest BCUT2D eigenvalue weighted by molar-refractivity contribution is 7.21. The number of rotatable bonds is 3. The summed E-state index contributed by atoms with van der Waals surface area (Å²) in [5, 5.41) is 1.70. The summed E-state index contributed by atoms with van der Waals surface area (Å²) in [5.41, 5.74) is 3.89. The number of hydrogen-bond acceptors (Lipinski definition) is 3. The highest BCUT2D eigenvalue weighted by Crippen LogP contribution is 2.31. The third-order valence-electron chi connectivity index (χ3n) is 3.64. The van der Waals surface area contributed by atoms with Crippen LogP contribution in [-0.2, 0) is 0 Å². The van der Waals surface area contributed by atoms with E-state index >= 15 is 0 Å². The quantitative estimate of drug-likeness (QED) is 0.395. The van der Waals surface area contributed by atoms with Crippen molar-refractivity contribution in [3.05, 3.63) is 83.4 Å². The van der Waals surface area contributed by atoms with Crippen LogP contribution in [0.1, 0.15) is 5.56 Å². The number of thiazole rings is 1. The van der Waals surface area contributed by atoms with Gasteiger partial charge in [-0.1, -0.05) is 54.1 Å². The van der Waals surface area contributed by atoms with Gasteiger partial charge in [-0.05, 0) is 30.3 Å². The number of hydrogen-bond donors (Lipinski definition) is 0. The molecule has 0 aliphatic rings. The Hall–Kier alpha value is -2.49. The van der Waals surface area contributed by atoms with Crippen molar-refractivity contribution in [2.24, 2.45) is 4.99 Å². The van der Waals surface area contributed by atoms with Gasteiger partial charge in [-0.2, -0.15) is 0 Å². The largest absolute Gasteiger partial charge is 0.256 e. The van der Waals surface area contributed by atoms with Gasteiger partial charge in [0.1, 0.15) is 5.01 Å². The Bertz CT molecular complexity index is 1000. The molecule has 0 amide bonds. The topological polar surface area (TPSA) is 25.2 Å². The number of fused-ring (bicyclic) bond motifs is 1. The number of para-hydroxylation sites is 1. The third-order valence-corrected chi connectivity index (χ3v) is 5.07. The van der Waals surface area contributed by atoms with Crippen molar-refractivity contribution in [2.45, 2.75) is 0 Å².